The average Bonchev–Trinajstić information content (AvgIpc) is 3.23. The quantitative estimate of drug-likeness (QED) is 0.333. The molecule has 1 aliphatic carbocycles. The molecule has 2 heterocycles. The predicted octanol–water partition coefficient (Wildman–Crippen LogP) is 5.08. The van der Waals surface area contributed by atoms with E-state index in [1.807, 2.05) is 17.4 Å². The fraction of sp³-hybridized carbons (Fsp3) is 0.148. The van der Waals surface area contributed by atoms with Gasteiger partial charge in [0.05, 0.1) is 0 Å². The molecule has 4 aromatic rings. The van der Waals surface area contributed by atoms with E-state index in [-0.39, 0.29) is 6.17 Å². The maximum absolute atomic E-state index is 6.59. The lowest BCUT2D eigenvalue weighted by Gasteiger charge is -2.28. The van der Waals surface area contributed by atoms with Crippen LogP contribution in [-0.2, 0) is 0 Å². The largest absolute Gasteiger partial charge is 0.342 e. The van der Waals surface area contributed by atoms with Crippen molar-refractivity contribution in [1.82, 2.24) is 10.6 Å². The van der Waals surface area contributed by atoms with Gasteiger partial charge in [-0.1, -0.05) is 90.5 Å². The van der Waals surface area contributed by atoms with Crippen LogP contribution in [0.5, 0.6) is 0 Å². The lowest BCUT2D eigenvalue weighted by Crippen LogP contribution is -2.48. The normalized spacial score (nSPS) is 20.0. The van der Waals surface area contributed by atoms with Crippen LogP contribution in [0.25, 0.3) is 33.4 Å². The molecule has 0 bridgehead atoms. The van der Waals surface area contributed by atoms with Crippen molar-refractivity contribution >= 4 is 51.0 Å². The number of nitrogens with zero attached hydrogens (tertiary/aromatic N) is 1. The first kappa shape index (κ1) is 19.7. The van der Waals surface area contributed by atoms with E-state index in [0.29, 0.717) is 0 Å². The third-order valence-corrected chi connectivity index (χ3v) is 7.44. The Balaban J connectivity index is 1.41. The zero-order valence-electron chi connectivity index (χ0n) is 17.4. The summed E-state index contributed by atoms with van der Waals surface area (Å²) >= 11 is 8.44. The van der Waals surface area contributed by atoms with Gasteiger partial charge >= 0.3 is 0 Å². The summed E-state index contributed by atoms with van der Waals surface area (Å²) in [4.78, 5) is 5.04. The van der Waals surface area contributed by atoms with Crippen molar-refractivity contribution in [1.29, 1.82) is 0 Å². The molecule has 2 N–H and O–H groups in total. The summed E-state index contributed by atoms with van der Waals surface area (Å²) in [7, 11) is 0. The van der Waals surface area contributed by atoms with Crippen LogP contribution in [0.3, 0.4) is 0 Å². The summed E-state index contributed by atoms with van der Waals surface area (Å²) < 4.78 is 2.66. The first-order valence-corrected chi connectivity index (χ1v) is 12.1. The van der Waals surface area contributed by atoms with Gasteiger partial charge in [0.2, 0.25) is 0 Å². The highest BCUT2D eigenvalue weighted by Crippen LogP contribution is 2.26. The van der Waals surface area contributed by atoms with E-state index in [4.69, 9.17) is 16.6 Å². The molecule has 2 atom stereocenters. The molecule has 3 nitrogen and oxygen atoms in total. The van der Waals surface area contributed by atoms with Gasteiger partial charge in [0.25, 0.3) is 0 Å². The van der Waals surface area contributed by atoms with E-state index < -0.39 is 5.62 Å². The van der Waals surface area contributed by atoms with E-state index in [1.54, 1.807) is 0 Å². The third-order valence-electron chi connectivity index (χ3n) is 6.04. The first-order valence-electron chi connectivity index (χ1n) is 10.9. The average molecular weight is 456 g/mol. The van der Waals surface area contributed by atoms with E-state index in [1.165, 1.54) is 31.0 Å². The summed E-state index contributed by atoms with van der Waals surface area (Å²) in [5.74, 6) is 0.839. The van der Waals surface area contributed by atoms with Crippen molar-refractivity contribution in [3.63, 3.8) is 0 Å². The number of hydrogen-bond acceptors (Lipinski definition) is 4. The Morgan fingerprint density at radius 2 is 1.62 bits per heavy atom. The summed E-state index contributed by atoms with van der Waals surface area (Å²) in [5, 5.41) is 9.31. The molecular formula is C27H22ClN3S. The number of hydrogen-bond donors (Lipinski definition) is 2. The molecule has 0 fully saturated rings. The lowest BCUT2D eigenvalue weighted by atomic mass is 10.0. The van der Waals surface area contributed by atoms with Gasteiger partial charge in [-0.3, -0.25) is 5.32 Å². The molecule has 0 radical (unpaired) electrons. The summed E-state index contributed by atoms with van der Waals surface area (Å²) in [6, 6.07) is 25.4. The van der Waals surface area contributed by atoms with Gasteiger partial charge in [-0.05, 0) is 40.8 Å². The topological polar surface area (TPSA) is 36.4 Å². The Bertz CT molecular complexity index is 1440. The number of fused-ring (bicyclic) bond motifs is 3. The van der Waals surface area contributed by atoms with Crippen LogP contribution in [0.2, 0.25) is 0 Å². The second-order valence-corrected chi connectivity index (χ2v) is 9.61. The van der Waals surface area contributed by atoms with Crippen molar-refractivity contribution in [2.75, 3.05) is 0 Å². The van der Waals surface area contributed by atoms with Crippen LogP contribution in [0.4, 0.5) is 0 Å². The van der Waals surface area contributed by atoms with Gasteiger partial charge in [0.15, 0.2) is 5.62 Å². The molecule has 0 saturated heterocycles. The van der Waals surface area contributed by atoms with Crippen molar-refractivity contribution in [3.8, 4) is 11.1 Å². The zero-order valence-corrected chi connectivity index (χ0v) is 19.0. The number of rotatable bonds is 3. The Kier molecular flexibility index (Phi) is 5.07. The van der Waals surface area contributed by atoms with Crippen LogP contribution >= 0.6 is 22.9 Å². The molecule has 0 amide bonds. The first-order chi connectivity index (χ1) is 15.8. The summed E-state index contributed by atoms with van der Waals surface area (Å²) in [6.45, 7) is 0. The van der Waals surface area contributed by atoms with Crippen molar-refractivity contribution < 1.29 is 0 Å². The second-order valence-electron chi connectivity index (χ2n) is 8.09. The molecule has 0 spiro atoms. The maximum Gasteiger partial charge on any atom is 0.158 e. The molecule has 2 unspecified atom stereocenters. The maximum atomic E-state index is 6.59. The minimum absolute atomic E-state index is 0.209. The van der Waals surface area contributed by atoms with E-state index in [0.717, 1.165) is 29.8 Å². The smallest absolute Gasteiger partial charge is 0.158 e. The lowest BCUT2D eigenvalue weighted by molar-refractivity contribution is 0.483. The van der Waals surface area contributed by atoms with Gasteiger partial charge in [0.1, 0.15) is 12.0 Å². The van der Waals surface area contributed by atoms with E-state index >= 15 is 0 Å². The number of halogens is 1. The summed E-state index contributed by atoms with van der Waals surface area (Å²) in [6.07, 6.45) is 6.70. The fourth-order valence-corrected chi connectivity index (χ4v) is 5.92. The van der Waals surface area contributed by atoms with Gasteiger partial charge in [-0.2, -0.15) is 0 Å². The monoisotopic (exact) mass is 455 g/mol. The molecule has 158 valence electrons. The van der Waals surface area contributed by atoms with Gasteiger partial charge < -0.3 is 5.32 Å². The predicted molar refractivity (Wildman–Crippen MR) is 136 cm³/mol. The Hall–Kier alpha value is -2.92. The molecule has 6 rings (SSSR count). The Labute approximate surface area is 195 Å². The molecule has 5 heteroatoms. The number of nitrogens with one attached hydrogen (secondary N) is 2. The minimum atomic E-state index is -0.401. The van der Waals surface area contributed by atoms with E-state index in [9.17, 15) is 0 Å². The zero-order chi connectivity index (χ0) is 21.5. The van der Waals surface area contributed by atoms with Gasteiger partial charge in [-0.25, -0.2) is 4.99 Å². The number of amidine groups is 1. The van der Waals surface area contributed by atoms with Gasteiger partial charge in [0, 0.05) is 20.2 Å². The number of thiophene rings is 1. The standard InChI is InChI=1S/C27H22ClN3S/c28-27-30-25(19-15-13-18(14-16-19)17-7-2-1-3-8-17)29-26(31-27)21-10-6-12-23-24(21)20-9-4-5-11-22(20)32-23/h1-3,6-16,25,27,30H,4-5H2,(H,29,31). The molecule has 1 aromatic heterocycles. The van der Waals surface area contributed by atoms with Crippen LogP contribution < -0.4 is 20.4 Å². The van der Waals surface area contributed by atoms with Crippen LogP contribution in [0.1, 0.15) is 30.1 Å². The Morgan fingerprint density at radius 1 is 0.844 bits per heavy atom. The highest BCUT2D eigenvalue weighted by molar-refractivity contribution is 7.17. The molecule has 32 heavy (non-hydrogen) atoms. The number of aliphatic imine (C=N–C) groups is 1. The molecule has 2 aliphatic rings. The van der Waals surface area contributed by atoms with Gasteiger partial charge in [-0.15, -0.1) is 11.3 Å². The third kappa shape index (κ3) is 3.55. The van der Waals surface area contributed by atoms with Crippen molar-refractivity contribution in [2.45, 2.75) is 24.6 Å². The number of alkyl halides is 1. The van der Waals surface area contributed by atoms with Crippen LogP contribution in [-0.4, -0.2) is 11.5 Å². The highest BCUT2D eigenvalue weighted by atomic mass is 35.5. The fourth-order valence-electron chi connectivity index (χ4n) is 4.49. The SMILES string of the molecule is ClC1NC(c2cccc3sc4c(c23)=CCCC=4)=NC(c2ccc(-c3ccccc3)cc2)N1. The van der Waals surface area contributed by atoms with Crippen molar-refractivity contribution in [3.05, 3.63) is 93.7 Å². The van der Waals surface area contributed by atoms with Crippen LogP contribution in [0, 0.1) is 0 Å². The molecule has 3 aromatic carbocycles. The number of benzene rings is 3. The minimum Gasteiger partial charge on any atom is -0.342 e. The van der Waals surface area contributed by atoms with Crippen LogP contribution in [0.15, 0.2) is 77.8 Å². The second kappa shape index (κ2) is 8.21. The molecule has 0 saturated carbocycles. The highest BCUT2D eigenvalue weighted by Gasteiger charge is 2.24. The molecule has 1 aliphatic heterocycles. The summed E-state index contributed by atoms with van der Waals surface area (Å²) in [5.41, 5.74) is 4.20. The van der Waals surface area contributed by atoms with E-state index in [2.05, 4.69) is 89.5 Å². The Morgan fingerprint density at radius 3 is 2.47 bits per heavy atom. The van der Waals surface area contributed by atoms with Crippen molar-refractivity contribution in [2.24, 2.45) is 4.99 Å². The molecular weight excluding hydrogens is 434 g/mol.